The van der Waals surface area contributed by atoms with Crippen molar-refractivity contribution in [1.29, 1.82) is 0 Å². The Kier molecular flexibility index (Phi) is 5.36. The van der Waals surface area contributed by atoms with E-state index in [0.717, 1.165) is 64.2 Å². The van der Waals surface area contributed by atoms with Crippen LogP contribution >= 0.6 is 0 Å². The number of fused-ring (bicyclic) bond motifs is 7. The smallest absolute Gasteiger partial charge is 0.310 e. The highest BCUT2D eigenvalue weighted by Crippen LogP contribution is 2.75. The third-order valence-electron chi connectivity index (χ3n) is 13.2. The summed E-state index contributed by atoms with van der Waals surface area (Å²) in [6, 6.07) is 0. The van der Waals surface area contributed by atoms with Crippen LogP contribution in [0, 0.1) is 50.2 Å². The fraction of sp³-hybridized carbons (Fsp3) is 0.900. The van der Waals surface area contributed by atoms with Crippen LogP contribution in [0.5, 0.6) is 0 Å². The Morgan fingerprint density at radius 3 is 2.26 bits per heavy atom. The molecule has 0 amide bonds. The van der Waals surface area contributed by atoms with Crippen molar-refractivity contribution in [3.63, 3.8) is 0 Å². The second kappa shape index (κ2) is 7.34. The van der Waals surface area contributed by atoms with E-state index >= 15 is 0 Å². The molecule has 5 aliphatic rings. The normalized spacial score (nSPS) is 54.1. The van der Waals surface area contributed by atoms with E-state index in [9.17, 15) is 20.1 Å². The number of allylic oxidation sites excluding steroid dienone is 2. The summed E-state index contributed by atoms with van der Waals surface area (Å²) in [6.45, 7) is 14.3. The molecular formula is C30H48O4. The average Bonchev–Trinajstić information content (AvgIpc) is 2.76. The van der Waals surface area contributed by atoms with Crippen molar-refractivity contribution in [2.24, 2.45) is 50.2 Å². The predicted octanol–water partition coefficient (Wildman–Crippen LogP) is 6.21. The van der Waals surface area contributed by atoms with E-state index < -0.39 is 22.9 Å². The maximum Gasteiger partial charge on any atom is 0.310 e. The standard InChI is InChI=1S/C30H48O4/c1-25(2)13-15-30(24(33)34)16-14-28(5)19(20(30)17-25)7-8-22-26(3)11-10-23(32)27(4,18-31)21(26)9-12-29(22,28)6/h7,20-23,31-32H,8-18H2,1-6H3,(H,33,34)/t20-,21+,22+,23?,26?,27+,28-,29+,30?/m1/s1. The molecule has 0 aromatic rings. The summed E-state index contributed by atoms with van der Waals surface area (Å²) < 4.78 is 0. The third kappa shape index (κ3) is 2.88. The lowest BCUT2D eigenvalue weighted by Gasteiger charge is -2.71. The van der Waals surface area contributed by atoms with Gasteiger partial charge < -0.3 is 15.3 Å². The van der Waals surface area contributed by atoms with Crippen LogP contribution in [0.4, 0.5) is 0 Å². The van der Waals surface area contributed by atoms with E-state index in [0.29, 0.717) is 11.8 Å². The number of aliphatic hydroxyl groups excluding tert-OH is 2. The van der Waals surface area contributed by atoms with Gasteiger partial charge in [0.15, 0.2) is 0 Å². The molecule has 4 saturated carbocycles. The first kappa shape index (κ1) is 24.8. The Morgan fingerprint density at radius 1 is 0.941 bits per heavy atom. The molecule has 3 N–H and O–H groups in total. The number of rotatable bonds is 2. The number of carboxylic acids is 1. The SMILES string of the molecule is CC1(C)CCC2(C(=O)O)CC[C@]3(C)C(=CC[C@H]4C5(C)CCC(O)[C@@](C)(CO)[C@H]5CC[C@@]43C)[C@H]2C1. The molecule has 0 radical (unpaired) electrons. The van der Waals surface area contributed by atoms with Crippen LogP contribution < -0.4 is 0 Å². The fourth-order valence-electron chi connectivity index (χ4n) is 10.7. The monoisotopic (exact) mass is 472 g/mol. The number of carbonyl (C=O) groups is 1. The van der Waals surface area contributed by atoms with Crippen LogP contribution in [-0.2, 0) is 4.79 Å². The van der Waals surface area contributed by atoms with Crippen molar-refractivity contribution in [3.8, 4) is 0 Å². The van der Waals surface area contributed by atoms with Crippen LogP contribution in [0.2, 0.25) is 0 Å². The summed E-state index contributed by atoms with van der Waals surface area (Å²) in [7, 11) is 0. The van der Waals surface area contributed by atoms with E-state index in [4.69, 9.17) is 0 Å². The number of aliphatic carboxylic acids is 1. The molecule has 34 heavy (non-hydrogen) atoms. The summed E-state index contributed by atoms with van der Waals surface area (Å²) in [5.74, 6) is 0.395. The minimum absolute atomic E-state index is 0.0204. The van der Waals surface area contributed by atoms with Crippen LogP contribution in [0.25, 0.3) is 0 Å². The lowest BCUT2D eigenvalue weighted by Crippen LogP contribution is -2.65. The highest BCUT2D eigenvalue weighted by Gasteiger charge is 2.69. The molecule has 0 aliphatic heterocycles. The van der Waals surface area contributed by atoms with Crippen molar-refractivity contribution < 1.29 is 20.1 Å². The maximum atomic E-state index is 12.8. The largest absolute Gasteiger partial charge is 0.481 e. The molecule has 3 unspecified atom stereocenters. The van der Waals surface area contributed by atoms with Gasteiger partial charge in [0.05, 0.1) is 18.1 Å². The quantitative estimate of drug-likeness (QED) is 0.418. The zero-order valence-corrected chi connectivity index (χ0v) is 22.4. The van der Waals surface area contributed by atoms with E-state index in [1.54, 1.807) is 0 Å². The molecule has 0 aromatic heterocycles. The molecule has 0 spiro atoms. The number of carboxylic acid groups (broad SMARTS) is 1. The van der Waals surface area contributed by atoms with Gasteiger partial charge in [0.25, 0.3) is 0 Å². The van der Waals surface area contributed by atoms with Gasteiger partial charge in [-0.05, 0) is 104 Å². The first-order chi connectivity index (χ1) is 15.7. The van der Waals surface area contributed by atoms with Crippen molar-refractivity contribution in [2.45, 2.75) is 112 Å². The van der Waals surface area contributed by atoms with Crippen LogP contribution in [0.15, 0.2) is 11.6 Å². The Hall–Kier alpha value is -0.870. The van der Waals surface area contributed by atoms with Crippen LogP contribution in [0.1, 0.15) is 106 Å². The van der Waals surface area contributed by atoms with Crippen LogP contribution in [-0.4, -0.2) is 34.0 Å². The topological polar surface area (TPSA) is 77.8 Å². The molecule has 0 bridgehead atoms. The summed E-state index contributed by atoms with van der Waals surface area (Å²) in [5.41, 5.74) is 0.858. The third-order valence-corrected chi connectivity index (χ3v) is 13.2. The van der Waals surface area contributed by atoms with Gasteiger partial charge in [0.2, 0.25) is 0 Å². The Bertz CT molecular complexity index is 907. The second-order valence-electron chi connectivity index (χ2n) is 14.9. The number of aliphatic hydroxyl groups is 2. The zero-order chi connectivity index (χ0) is 24.9. The van der Waals surface area contributed by atoms with Crippen molar-refractivity contribution in [1.82, 2.24) is 0 Å². The predicted molar refractivity (Wildman–Crippen MR) is 134 cm³/mol. The van der Waals surface area contributed by atoms with Gasteiger partial charge >= 0.3 is 5.97 Å². The van der Waals surface area contributed by atoms with E-state index in [1.807, 2.05) is 0 Å². The van der Waals surface area contributed by atoms with Gasteiger partial charge in [-0.15, -0.1) is 0 Å². The molecule has 9 atom stereocenters. The molecule has 4 fully saturated rings. The molecular weight excluding hydrogens is 424 g/mol. The molecule has 4 heteroatoms. The van der Waals surface area contributed by atoms with Gasteiger partial charge in [0.1, 0.15) is 0 Å². The summed E-state index contributed by atoms with van der Waals surface area (Å²) in [6.07, 6.45) is 11.6. The molecule has 5 rings (SSSR count). The molecule has 5 aliphatic carbocycles. The van der Waals surface area contributed by atoms with Gasteiger partial charge in [-0.1, -0.05) is 53.2 Å². The zero-order valence-electron chi connectivity index (χ0n) is 22.4. The van der Waals surface area contributed by atoms with E-state index in [2.05, 4.69) is 47.6 Å². The Morgan fingerprint density at radius 2 is 1.62 bits per heavy atom. The van der Waals surface area contributed by atoms with Gasteiger partial charge in [0, 0.05) is 5.41 Å². The van der Waals surface area contributed by atoms with Crippen molar-refractivity contribution in [2.75, 3.05) is 6.61 Å². The minimum atomic E-state index is -0.588. The van der Waals surface area contributed by atoms with Gasteiger partial charge in [-0.3, -0.25) is 4.79 Å². The summed E-state index contributed by atoms with van der Waals surface area (Å²) in [4.78, 5) is 12.8. The number of hydrogen-bond donors (Lipinski definition) is 3. The Labute approximate surface area is 206 Å². The average molecular weight is 473 g/mol. The van der Waals surface area contributed by atoms with E-state index in [-0.39, 0.29) is 34.2 Å². The first-order valence-corrected chi connectivity index (χ1v) is 13.9. The fourth-order valence-corrected chi connectivity index (χ4v) is 10.7. The van der Waals surface area contributed by atoms with Gasteiger partial charge in [-0.2, -0.15) is 0 Å². The molecule has 0 heterocycles. The lowest BCUT2D eigenvalue weighted by atomic mass is 9.33. The van der Waals surface area contributed by atoms with Crippen LogP contribution in [0.3, 0.4) is 0 Å². The highest BCUT2D eigenvalue weighted by molar-refractivity contribution is 5.76. The van der Waals surface area contributed by atoms with Crippen molar-refractivity contribution in [3.05, 3.63) is 11.6 Å². The number of hydrogen-bond acceptors (Lipinski definition) is 3. The van der Waals surface area contributed by atoms with Gasteiger partial charge in [-0.25, -0.2) is 0 Å². The highest BCUT2D eigenvalue weighted by atomic mass is 16.4. The van der Waals surface area contributed by atoms with Crippen molar-refractivity contribution >= 4 is 5.97 Å². The maximum absolute atomic E-state index is 12.8. The molecule has 192 valence electrons. The summed E-state index contributed by atoms with van der Waals surface area (Å²) in [5, 5.41) is 31.8. The Balaban J connectivity index is 1.60. The molecule has 0 saturated heterocycles. The minimum Gasteiger partial charge on any atom is -0.481 e. The second-order valence-corrected chi connectivity index (χ2v) is 14.9. The molecule has 4 nitrogen and oxygen atoms in total. The summed E-state index contributed by atoms with van der Waals surface area (Å²) >= 11 is 0. The van der Waals surface area contributed by atoms with E-state index in [1.165, 1.54) is 5.57 Å². The first-order valence-electron chi connectivity index (χ1n) is 13.9. The lowest BCUT2D eigenvalue weighted by molar-refractivity contribution is -0.216. The molecule has 0 aromatic carbocycles.